The highest BCUT2D eigenvalue weighted by Crippen LogP contribution is 2.08. The summed E-state index contributed by atoms with van der Waals surface area (Å²) < 4.78 is 17.9. The summed E-state index contributed by atoms with van der Waals surface area (Å²) in [5.74, 6) is -1.25. The first-order chi connectivity index (χ1) is 9.67. The summed E-state index contributed by atoms with van der Waals surface area (Å²) in [4.78, 5) is 23.4. The number of nitrogens with one attached hydrogen (secondary N) is 1. The van der Waals surface area contributed by atoms with Crippen molar-refractivity contribution in [3.63, 3.8) is 0 Å². The monoisotopic (exact) mass is 293 g/mol. The third-order valence-electron chi connectivity index (χ3n) is 2.42. The molecule has 0 aliphatic carbocycles. The molecule has 0 heterocycles. The zero-order chi connectivity index (χ0) is 16.0. The van der Waals surface area contributed by atoms with Gasteiger partial charge in [-0.3, -0.25) is 4.79 Å². The van der Waals surface area contributed by atoms with Crippen LogP contribution in [-0.4, -0.2) is 23.5 Å². The summed E-state index contributed by atoms with van der Waals surface area (Å²) in [6, 6.07) is 4.98. The molecule has 5 heteroatoms. The molecule has 1 amide bonds. The van der Waals surface area contributed by atoms with E-state index >= 15 is 0 Å². The van der Waals surface area contributed by atoms with Crippen molar-refractivity contribution >= 4 is 18.0 Å². The lowest BCUT2D eigenvalue weighted by Crippen LogP contribution is -2.41. The van der Waals surface area contributed by atoms with Crippen molar-refractivity contribution in [3.05, 3.63) is 41.7 Å². The van der Waals surface area contributed by atoms with E-state index in [4.69, 9.17) is 4.74 Å². The standard InChI is InChI=1S/C16H20FNO3/c1-11(15(20)21-16(2,3)4)18-14(19)10-7-12-5-8-13(17)9-6-12/h5-11H,1-4H3,(H,18,19)/b10-7+/t11-/m1/s1. The maximum Gasteiger partial charge on any atom is 0.328 e. The number of carbonyl (C=O) groups excluding carboxylic acids is 2. The number of rotatable bonds is 4. The number of halogens is 1. The van der Waals surface area contributed by atoms with Gasteiger partial charge in [-0.15, -0.1) is 0 Å². The number of hydrogen-bond donors (Lipinski definition) is 1. The van der Waals surface area contributed by atoms with Crippen molar-refractivity contribution in [2.75, 3.05) is 0 Å². The predicted molar refractivity (Wildman–Crippen MR) is 78.9 cm³/mol. The largest absolute Gasteiger partial charge is 0.458 e. The molecule has 1 N–H and O–H groups in total. The molecule has 0 aromatic heterocycles. The topological polar surface area (TPSA) is 55.4 Å². The Bertz CT molecular complexity index is 529. The van der Waals surface area contributed by atoms with Gasteiger partial charge in [0.25, 0.3) is 0 Å². The maximum absolute atomic E-state index is 12.7. The van der Waals surface area contributed by atoms with Crippen LogP contribution in [0.5, 0.6) is 0 Å². The van der Waals surface area contributed by atoms with Gasteiger partial charge in [-0.25, -0.2) is 9.18 Å². The third-order valence-corrected chi connectivity index (χ3v) is 2.42. The fourth-order valence-corrected chi connectivity index (χ4v) is 1.46. The van der Waals surface area contributed by atoms with E-state index in [0.717, 1.165) is 0 Å². The van der Waals surface area contributed by atoms with Crippen LogP contribution in [0.25, 0.3) is 6.08 Å². The summed E-state index contributed by atoms with van der Waals surface area (Å²) in [7, 11) is 0. The molecule has 0 aliphatic rings. The highest BCUT2D eigenvalue weighted by atomic mass is 19.1. The molecular formula is C16H20FNO3. The van der Waals surface area contributed by atoms with Gasteiger partial charge in [-0.2, -0.15) is 0 Å². The molecule has 0 fully saturated rings. The normalized spacial score (nSPS) is 13.0. The van der Waals surface area contributed by atoms with Crippen LogP contribution in [0.4, 0.5) is 4.39 Å². The zero-order valence-electron chi connectivity index (χ0n) is 12.6. The van der Waals surface area contributed by atoms with Crippen LogP contribution >= 0.6 is 0 Å². The van der Waals surface area contributed by atoms with Crippen molar-refractivity contribution in [1.29, 1.82) is 0 Å². The van der Waals surface area contributed by atoms with Gasteiger partial charge in [0, 0.05) is 6.08 Å². The fourth-order valence-electron chi connectivity index (χ4n) is 1.46. The summed E-state index contributed by atoms with van der Waals surface area (Å²) >= 11 is 0. The number of hydrogen-bond acceptors (Lipinski definition) is 3. The Morgan fingerprint density at radius 2 is 1.81 bits per heavy atom. The molecule has 114 valence electrons. The number of benzene rings is 1. The van der Waals surface area contributed by atoms with Crippen molar-refractivity contribution in [2.45, 2.75) is 39.3 Å². The zero-order valence-corrected chi connectivity index (χ0v) is 12.6. The lowest BCUT2D eigenvalue weighted by atomic mass is 10.2. The maximum atomic E-state index is 12.7. The summed E-state index contributed by atoms with van der Waals surface area (Å²) in [5.41, 5.74) is 0.0940. The average Bonchev–Trinajstić information content (AvgIpc) is 2.36. The Morgan fingerprint density at radius 1 is 1.24 bits per heavy atom. The average molecular weight is 293 g/mol. The first-order valence-electron chi connectivity index (χ1n) is 6.64. The van der Waals surface area contributed by atoms with Crippen LogP contribution in [0.1, 0.15) is 33.3 Å². The minimum absolute atomic E-state index is 0.338. The summed E-state index contributed by atoms with van der Waals surface area (Å²) in [6.07, 6.45) is 2.82. The molecule has 1 aromatic rings. The Labute approximate surface area is 124 Å². The van der Waals surface area contributed by atoms with Crippen molar-refractivity contribution in [2.24, 2.45) is 0 Å². The van der Waals surface area contributed by atoms with Gasteiger partial charge in [0.1, 0.15) is 17.5 Å². The second kappa shape index (κ2) is 7.02. The number of amides is 1. The number of ether oxygens (including phenoxy) is 1. The molecule has 0 unspecified atom stereocenters. The van der Waals surface area contributed by atoms with Crippen LogP contribution < -0.4 is 5.32 Å². The molecule has 0 saturated carbocycles. The Hall–Kier alpha value is -2.17. The number of carbonyl (C=O) groups is 2. The van der Waals surface area contributed by atoms with E-state index in [1.165, 1.54) is 24.3 Å². The molecule has 1 aromatic carbocycles. The van der Waals surface area contributed by atoms with E-state index in [1.54, 1.807) is 39.8 Å². The van der Waals surface area contributed by atoms with E-state index in [2.05, 4.69) is 5.32 Å². The first-order valence-corrected chi connectivity index (χ1v) is 6.64. The molecule has 0 radical (unpaired) electrons. The van der Waals surface area contributed by atoms with E-state index < -0.39 is 23.5 Å². The van der Waals surface area contributed by atoms with Gasteiger partial charge in [0.2, 0.25) is 5.91 Å². The lowest BCUT2D eigenvalue weighted by molar-refractivity contribution is -0.157. The van der Waals surface area contributed by atoms with Gasteiger partial charge >= 0.3 is 5.97 Å². The van der Waals surface area contributed by atoms with Crippen LogP contribution in [0, 0.1) is 5.82 Å². The van der Waals surface area contributed by atoms with E-state index in [0.29, 0.717) is 5.56 Å². The van der Waals surface area contributed by atoms with Gasteiger partial charge in [0.15, 0.2) is 0 Å². The second-order valence-electron chi connectivity index (χ2n) is 5.65. The fraction of sp³-hybridized carbons (Fsp3) is 0.375. The Balaban J connectivity index is 2.53. The second-order valence-corrected chi connectivity index (χ2v) is 5.65. The predicted octanol–water partition coefficient (Wildman–Crippen LogP) is 2.69. The minimum Gasteiger partial charge on any atom is -0.458 e. The van der Waals surface area contributed by atoms with Crippen molar-refractivity contribution < 1.29 is 18.7 Å². The van der Waals surface area contributed by atoms with Crippen LogP contribution in [0.2, 0.25) is 0 Å². The number of esters is 1. The molecule has 1 atom stereocenters. The van der Waals surface area contributed by atoms with Gasteiger partial charge in [-0.05, 0) is 51.5 Å². The SMILES string of the molecule is C[C@@H](NC(=O)/C=C/c1ccc(F)cc1)C(=O)OC(C)(C)C. The minimum atomic E-state index is -0.741. The smallest absolute Gasteiger partial charge is 0.328 e. The molecule has 1 rings (SSSR count). The van der Waals surface area contributed by atoms with E-state index in [-0.39, 0.29) is 5.82 Å². The van der Waals surface area contributed by atoms with E-state index in [1.807, 2.05) is 0 Å². The van der Waals surface area contributed by atoms with Gasteiger partial charge in [-0.1, -0.05) is 12.1 Å². The van der Waals surface area contributed by atoms with Crippen LogP contribution in [0.3, 0.4) is 0 Å². The molecular weight excluding hydrogens is 273 g/mol. The summed E-state index contributed by atoms with van der Waals surface area (Å²) in [6.45, 7) is 6.83. The third kappa shape index (κ3) is 6.70. The van der Waals surface area contributed by atoms with Crippen LogP contribution in [-0.2, 0) is 14.3 Å². The van der Waals surface area contributed by atoms with E-state index in [9.17, 15) is 14.0 Å². The first kappa shape index (κ1) is 16.9. The van der Waals surface area contributed by atoms with Crippen LogP contribution in [0.15, 0.2) is 30.3 Å². The molecule has 0 spiro atoms. The molecule has 0 aliphatic heterocycles. The molecule has 21 heavy (non-hydrogen) atoms. The molecule has 0 saturated heterocycles. The quantitative estimate of drug-likeness (QED) is 0.686. The lowest BCUT2D eigenvalue weighted by Gasteiger charge is -2.22. The highest BCUT2D eigenvalue weighted by molar-refractivity contribution is 5.94. The highest BCUT2D eigenvalue weighted by Gasteiger charge is 2.22. The van der Waals surface area contributed by atoms with Gasteiger partial charge in [0.05, 0.1) is 0 Å². The Kier molecular flexibility index (Phi) is 5.64. The van der Waals surface area contributed by atoms with Crippen molar-refractivity contribution in [3.8, 4) is 0 Å². The van der Waals surface area contributed by atoms with Crippen molar-refractivity contribution in [1.82, 2.24) is 5.32 Å². The molecule has 4 nitrogen and oxygen atoms in total. The van der Waals surface area contributed by atoms with Gasteiger partial charge < -0.3 is 10.1 Å². The molecule has 0 bridgehead atoms. The Morgan fingerprint density at radius 3 is 2.33 bits per heavy atom. The summed E-state index contributed by atoms with van der Waals surface area (Å²) in [5, 5.41) is 2.51.